The second-order valence-corrected chi connectivity index (χ2v) is 6.88. The lowest BCUT2D eigenvalue weighted by atomic mass is 10.1. The van der Waals surface area contributed by atoms with Gasteiger partial charge in [0.2, 0.25) is 5.16 Å². The molecule has 3 aromatic rings. The van der Waals surface area contributed by atoms with Crippen LogP contribution in [0.25, 0.3) is 5.69 Å². The van der Waals surface area contributed by atoms with Crippen LogP contribution in [-0.2, 0) is 0 Å². The van der Waals surface area contributed by atoms with E-state index in [2.05, 4.69) is 20.3 Å². The first-order valence-corrected chi connectivity index (χ1v) is 9.05. The number of halogens is 2. The third-order valence-corrected chi connectivity index (χ3v) is 4.80. The van der Waals surface area contributed by atoms with Gasteiger partial charge in [-0.25, -0.2) is 0 Å². The molecule has 0 saturated carbocycles. The molecule has 10 heteroatoms. The van der Waals surface area contributed by atoms with Crippen molar-refractivity contribution in [3.05, 3.63) is 54.1 Å². The molecule has 1 aromatic heterocycles. The first-order chi connectivity index (χ1) is 13.5. The van der Waals surface area contributed by atoms with Gasteiger partial charge < -0.3 is 9.47 Å². The highest BCUT2D eigenvalue weighted by atomic mass is 32.2. The number of nitrogens with zero attached hydrogens (tertiary/aromatic N) is 4. The minimum Gasteiger partial charge on any atom is -0.494 e. The van der Waals surface area contributed by atoms with Gasteiger partial charge in [-0.2, -0.15) is 13.5 Å². The number of benzene rings is 2. The molecule has 1 unspecified atom stereocenters. The number of tetrazole rings is 1. The van der Waals surface area contributed by atoms with Crippen molar-refractivity contribution in [2.45, 2.75) is 23.9 Å². The topological polar surface area (TPSA) is 79.1 Å². The zero-order valence-corrected chi connectivity index (χ0v) is 15.8. The van der Waals surface area contributed by atoms with E-state index >= 15 is 0 Å². The van der Waals surface area contributed by atoms with Gasteiger partial charge >= 0.3 is 6.61 Å². The number of aromatic nitrogens is 4. The number of rotatable bonds is 8. The zero-order chi connectivity index (χ0) is 20.1. The number of para-hydroxylation sites is 2. The second-order valence-electron chi connectivity index (χ2n) is 5.57. The molecule has 0 saturated heterocycles. The Morgan fingerprint density at radius 3 is 2.54 bits per heavy atom. The van der Waals surface area contributed by atoms with Gasteiger partial charge in [-0.15, -0.1) is 5.10 Å². The summed E-state index contributed by atoms with van der Waals surface area (Å²) in [4.78, 5) is 12.7. The summed E-state index contributed by atoms with van der Waals surface area (Å²) in [7, 11) is 1.55. The van der Waals surface area contributed by atoms with Crippen LogP contribution in [0.15, 0.2) is 53.7 Å². The zero-order valence-electron chi connectivity index (χ0n) is 15.0. The molecule has 0 spiro atoms. The molecular formula is C18H16F2N4O3S. The van der Waals surface area contributed by atoms with Crippen LogP contribution in [0.3, 0.4) is 0 Å². The summed E-state index contributed by atoms with van der Waals surface area (Å²) in [6.07, 6.45) is 0. The highest BCUT2D eigenvalue weighted by Gasteiger charge is 2.21. The third kappa shape index (κ3) is 4.45. The van der Waals surface area contributed by atoms with Crippen molar-refractivity contribution in [2.24, 2.45) is 0 Å². The van der Waals surface area contributed by atoms with Crippen molar-refractivity contribution >= 4 is 17.5 Å². The molecule has 0 fully saturated rings. The van der Waals surface area contributed by atoms with Crippen LogP contribution in [0, 0.1) is 0 Å². The average molecular weight is 406 g/mol. The second kappa shape index (κ2) is 8.79. The minimum atomic E-state index is -2.91. The van der Waals surface area contributed by atoms with E-state index < -0.39 is 11.9 Å². The number of Topliss-reactive ketones (excluding diaryl/α,β-unsaturated/α-hetero) is 1. The molecule has 146 valence electrons. The fourth-order valence-electron chi connectivity index (χ4n) is 2.46. The lowest BCUT2D eigenvalue weighted by Crippen LogP contribution is -2.15. The van der Waals surface area contributed by atoms with Crippen molar-refractivity contribution in [1.29, 1.82) is 0 Å². The predicted octanol–water partition coefficient (Wildman–Crippen LogP) is 3.64. The highest BCUT2D eigenvalue weighted by molar-refractivity contribution is 8.00. The van der Waals surface area contributed by atoms with E-state index in [1.165, 1.54) is 40.7 Å². The monoisotopic (exact) mass is 406 g/mol. The maximum Gasteiger partial charge on any atom is 0.387 e. The molecule has 28 heavy (non-hydrogen) atoms. The van der Waals surface area contributed by atoms with E-state index in [-0.39, 0.29) is 11.5 Å². The number of ether oxygens (including phenoxy) is 2. The smallest absolute Gasteiger partial charge is 0.387 e. The van der Waals surface area contributed by atoms with Gasteiger partial charge in [0, 0.05) is 5.56 Å². The minimum absolute atomic E-state index is 0.00743. The van der Waals surface area contributed by atoms with E-state index in [1.54, 1.807) is 26.2 Å². The predicted molar refractivity (Wildman–Crippen MR) is 98.4 cm³/mol. The van der Waals surface area contributed by atoms with Crippen LogP contribution in [0.5, 0.6) is 11.5 Å². The fraction of sp³-hybridized carbons (Fsp3) is 0.222. The number of ketones is 1. The van der Waals surface area contributed by atoms with E-state index in [1.807, 2.05) is 12.1 Å². The molecule has 0 bridgehead atoms. The number of thioether (sulfide) groups is 1. The van der Waals surface area contributed by atoms with Gasteiger partial charge in [0.15, 0.2) is 5.78 Å². The third-order valence-electron chi connectivity index (χ3n) is 3.77. The standard InChI is InChI=1S/C18H16F2N4O3S/c1-11(16(25)12-7-9-13(10-8-12)27-17(19)20)28-18-21-22-23-24(18)14-5-3-4-6-15(14)26-2/h3-11,17H,1-2H3. The quantitative estimate of drug-likeness (QED) is 0.417. The van der Waals surface area contributed by atoms with Gasteiger partial charge in [0.05, 0.1) is 12.4 Å². The van der Waals surface area contributed by atoms with Crippen molar-refractivity contribution in [3.8, 4) is 17.2 Å². The lowest BCUT2D eigenvalue weighted by molar-refractivity contribution is -0.0498. The largest absolute Gasteiger partial charge is 0.494 e. The van der Waals surface area contributed by atoms with Crippen LogP contribution in [-0.4, -0.2) is 45.0 Å². The molecule has 2 aromatic carbocycles. The molecule has 1 heterocycles. The Balaban J connectivity index is 1.76. The molecule has 3 rings (SSSR count). The highest BCUT2D eigenvalue weighted by Crippen LogP contribution is 2.29. The average Bonchev–Trinajstić information content (AvgIpc) is 3.15. The van der Waals surface area contributed by atoms with Crippen LogP contribution in [0.2, 0.25) is 0 Å². The molecule has 0 radical (unpaired) electrons. The molecule has 0 aliphatic carbocycles. The lowest BCUT2D eigenvalue weighted by Gasteiger charge is -2.12. The van der Waals surface area contributed by atoms with Crippen molar-refractivity contribution in [2.75, 3.05) is 7.11 Å². The van der Waals surface area contributed by atoms with Gasteiger partial charge in [-0.05, 0) is 53.7 Å². The Labute approximate surface area is 163 Å². The van der Waals surface area contributed by atoms with Gasteiger partial charge in [0.25, 0.3) is 0 Å². The van der Waals surface area contributed by atoms with Crippen LogP contribution < -0.4 is 9.47 Å². The Hall–Kier alpha value is -3.01. The summed E-state index contributed by atoms with van der Waals surface area (Å²) in [6.45, 7) is -1.19. The number of methoxy groups -OCH3 is 1. The van der Waals surface area contributed by atoms with E-state index in [0.29, 0.717) is 22.2 Å². The Kier molecular flexibility index (Phi) is 6.19. The summed E-state index contributed by atoms with van der Waals surface area (Å²) in [6, 6.07) is 12.8. The van der Waals surface area contributed by atoms with E-state index in [9.17, 15) is 13.6 Å². The van der Waals surface area contributed by atoms with Crippen LogP contribution in [0.4, 0.5) is 8.78 Å². The Bertz CT molecular complexity index is 950. The van der Waals surface area contributed by atoms with Gasteiger partial charge in [0.1, 0.15) is 17.2 Å². The SMILES string of the molecule is COc1ccccc1-n1nnnc1SC(C)C(=O)c1ccc(OC(F)F)cc1. The summed E-state index contributed by atoms with van der Waals surface area (Å²) in [5.74, 6) is 0.389. The first kappa shape index (κ1) is 19.7. The Morgan fingerprint density at radius 1 is 1.14 bits per heavy atom. The number of hydrogen-bond donors (Lipinski definition) is 0. The molecule has 7 nitrogen and oxygen atoms in total. The van der Waals surface area contributed by atoms with E-state index in [4.69, 9.17) is 4.74 Å². The molecule has 0 amide bonds. The molecular weight excluding hydrogens is 390 g/mol. The normalized spacial score (nSPS) is 12.0. The number of carbonyl (C=O) groups excluding carboxylic acids is 1. The van der Waals surface area contributed by atoms with Crippen molar-refractivity contribution in [3.63, 3.8) is 0 Å². The summed E-state index contributed by atoms with van der Waals surface area (Å²) >= 11 is 1.18. The Morgan fingerprint density at radius 2 is 1.86 bits per heavy atom. The van der Waals surface area contributed by atoms with E-state index in [0.717, 1.165) is 0 Å². The van der Waals surface area contributed by atoms with Crippen LogP contribution >= 0.6 is 11.8 Å². The maximum atomic E-state index is 12.7. The van der Waals surface area contributed by atoms with Crippen molar-refractivity contribution < 1.29 is 23.0 Å². The summed E-state index contributed by atoms with van der Waals surface area (Å²) in [5.41, 5.74) is 1.02. The number of alkyl halides is 2. The molecule has 0 aliphatic heterocycles. The number of carbonyl (C=O) groups is 1. The fourth-order valence-corrected chi connectivity index (χ4v) is 3.33. The molecule has 0 aliphatic rings. The van der Waals surface area contributed by atoms with Crippen LogP contribution in [0.1, 0.15) is 17.3 Å². The van der Waals surface area contributed by atoms with Gasteiger partial charge in [-0.3, -0.25) is 4.79 Å². The first-order valence-electron chi connectivity index (χ1n) is 8.17. The molecule has 0 N–H and O–H groups in total. The maximum absolute atomic E-state index is 12.7. The summed E-state index contributed by atoms with van der Waals surface area (Å²) < 4.78 is 35.6. The van der Waals surface area contributed by atoms with Gasteiger partial charge in [-0.1, -0.05) is 23.9 Å². The molecule has 1 atom stereocenters. The number of hydrogen-bond acceptors (Lipinski definition) is 7. The summed E-state index contributed by atoms with van der Waals surface area (Å²) in [5, 5.41) is 11.6. The van der Waals surface area contributed by atoms with Crippen molar-refractivity contribution in [1.82, 2.24) is 20.2 Å².